The van der Waals surface area contributed by atoms with Crippen LogP contribution < -0.4 is 9.79 Å². The van der Waals surface area contributed by atoms with Gasteiger partial charge < -0.3 is 14.4 Å². The molecule has 1 aliphatic rings. The van der Waals surface area contributed by atoms with E-state index in [1.165, 1.54) is 0 Å². The summed E-state index contributed by atoms with van der Waals surface area (Å²) in [6.07, 6.45) is 2.65. The van der Waals surface area contributed by atoms with Crippen molar-refractivity contribution in [2.75, 3.05) is 6.16 Å². The van der Waals surface area contributed by atoms with Crippen LogP contribution in [-0.2, 0) is 9.36 Å². The number of Topliss-reactive ketones (excluding diaryl/α,β-unsaturated/α-hetero) is 1. The van der Waals surface area contributed by atoms with Gasteiger partial charge in [-0.15, -0.1) is 0 Å². The summed E-state index contributed by atoms with van der Waals surface area (Å²) in [5, 5.41) is 0. The van der Waals surface area contributed by atoms with Crippen LogP contribution >= 0.6 is 7.60 Å². The topological polar surface area (TPSA) is 80.3 Å². The zero-order valence-electron chi connectivity index (χ0n) is 6.69. The third kappa shape index (κ3) is 3.05. The molecule has 0 aromatic heterocycles. The van der Waals surface area contributed by atoms with E-state index in [4.69, 9.17) is 0 Å². The Morgan fingerprint density at radius 1 is 1.33 bits per heavy atom. The van der Waals surface area contributed by atoms with E-state index in [1.807, 2.05) is 0 Å². The van der Waals surface area contributed by atoms with Crippen LogP contribution in [0.15, 0.2) is 0 Å². The maximum absolute atomic E-state index is 11.1. The highest BCUT2D eigenvalue weighted by Crippen LogP contribution is 2.30. The van der Waals surface area contributed by atoms with Gasteiger partial charge >= 0.3 is 0 Å². The van der Waals surface area contributed by atoms with E-state index in [9.17, 15) is 19.1 Å². The number of rotatable bonds is 3. The minimum absolute atomic E-state index is 0.166. The summed E-state index contributed by atoms with van der Waals surface area (Å²) in [5.74, 6) is -0.554. The molecule has 0 N–H and O–H groups in total. The highest BCUT2D eigenvalue weighted by atomic mass is 31.2. The monoisotopic (exact) mass is 190 g/mol. The van der Waals surface area contributed by atoms with Gasteiger partial charge in [0, 0.05) is 12.1 Å². The van der Waals surface area contributed by atoms with Gasteiger partial charge in [0.25, 0.3) is 0 Å². The molecule has 12 heavy (non-hydrogen) atoms. The van der Waals surface area contributed by atoms with E-state index in [0.29, 0.717) is 0 Å². The van der Waals surface area contributed by atoms with Crippen molar-refractivity contribution in [1.82, 2.24) is 0 Å². The first kappa shape index (κ1) is 9.90. The number of carbonyl (C=O) groups excluding carboxylic acids is 1. The number of hydrogen-bond donors (Lipinski definition) is 0. The molecular formula is C7H11O4P-2. The minimum atomic E-state index is -4.62. The van der Waals surface area contributed by atoms with Crippen LogP contribution in [0.25, 0.3) is 0 Å². The largest absolute Gasteiger partial charge is 0.810 e. The third-order valence-electron chi connectivity index (χ3n) is 2.16. The lowest BCUT2D eigenvalue weighted by atomic mass is 10.0. The van der Waals surface area contributed by atoms with Crippen molar-refractivity contribution in [2.45, 2.75) is 25.7 Å². The summed E-state index contributed by atoms with van der Waals surface area (Å²) in [7, 11) is -4.62. The van der Waals surface area contributed by atoms with Gasteiger partial charge in [-0.25, -0.2) is 0 Å². The van der Waals surface area contributed by atoms with E-state index < -0.39 is 13.8 Å². The van der Waals surface area contributed by atoms with Crippen molar-refractivity contribution in [2.24, 2.45) is 5.92 Å². The van der Waals surface area contributed by atoms with Gasteiger partial charge in [-0.3, -0.25) is 4.79 Å². The van der Waals surface area contributed by atoms with Crippen molar-refractivity contribution in [3.8, 4) is 0 Å². The summed E-state index contributed by atoms with van der Waals surface area (Å²) >= 11 is 0. The smallest absolute Gasteiger partial charge is 0.140 e. The molecule has 0 aromatic carbocycles. The average molecular weight is 190 g/mol. The van der Waals surface area contributed by atoms with Crippen LogP contribution in [0.2, 0.25) is 0 Å². The van der Waals surface area contributed by atoms with Gasteiger partial charge in [-0.05, 0) is 12.8 Å². The molecular weight excluding hydrogens is 179 g/mol. The third-order valence-corrected chi connectivity index (χ3v) is 2.86. The lowest BCUT2D eigenvalue weighted by Gasteiger charge is -2.29. The van der Waals surface area contributed by atoms with Crippen molar-refractivity contribution < 1.29 is 19.1 Å². The van der Waals surface area contributed by atoms with Crippen LogP contribution in [-0.4, -0.2) is 11.9 Å². The van der Waals surface area contributed by atoms with Gasteiger partial charge in [0.2, 0.25) is 0 Å². The summed E-state index contributed by atoms with van der Waals surface area (Å²) in [6, 6.07) is 0. The van der Waals surface area contributed by atoms with Gasteiger partial charge in [-0.1, -0.05) is 20.4 Å². The first-order valence-electron chi connectivity index (χ1n) is 4.03. The molecule has 5 heteroatoms. The predicted molar refractivity (Wildman–Crippen MR) is 39.4 cm³/mol. The molecule has 0 unspecified atom stereocenters. The van der Waals surface area contributed by atoms with Crippen LogP contribution in [0.5, 0.6) is 0 Å². The highest BCUT2D eigenvalue weighted by molar-refractivity contribution is 7.49. The molecule has 0 aromatic rings. The first-order chi connectivity index (χ1) is 5.49. The molecule has 0 heterocycles. The summed E-state index contributed by atoms with van der Waals surface area (Å²) < 4.78 is 10.2. The minimum Gasteiger partial charge on any atom is -0.810 e. The van der Waals surface area contributed by atoms with Crippen LogP contribution in [0.1, 0.15) is 25.7 Å². The fourth-order valence-electron chi connectivity index (χ4n) is 1.57. The number of hydrogen-bond acceptors (Lipinski definition) is 4. The van der Waals surface area contributed by atoms with Crippen molar-refractivity contribution in [3.63, 3.8) is 0 Å². The standard InChI is InChI=1S/C7H13O4P/c8-7(5-12(9,10)11)6-3-1-2-4-6/h6H,1-5H2,(H2,9,10,11)/p-2. The fraction of sp³-hybridized carbons (Fsp3) is 0.857. The molecule has 1 saturated carbocycles. The maximum atomic E-state index is 11.1. The highest BCUT2D eigenvalue weighted by Gasteiger charge is 2.22. The van der Waals surface area contributed by atoms with Crippen molar-refractivity contribution in [3.05, 3.63) is 0 Å². The SMILES string of the molecule is O=C(CP(=O)([O-])[O-])C1CCCC1. The Hall–Kier alpha value is -0.180. The Morgan fingerprint density at radius 3 is 2.25 bits per heavy atom. The quantitative estimate of drug-likeness (QED) is 0.570. The molecule has 1 aliphatic carbocycles. The van der Waals surface area contributed by atoms with Gasteiger partial charge in [0.1, 0.15) is 5.78 Å². The first-order valence-corrected chi connectivity index (χ1v) is 5.75. The Labute approximate surface area is 71.1 Å². The van der Waals surface area contributed by atoms with E-state index in [2.05, 4.69) is 0 Å². The Kier molecular flexibility index (Phi) is 3.04. The van der Waals surface area contributed by atoms with E-state index >= 15 is 0 Å². The second kappa shape index (κ2) is 3.69. The van der Waals surface area contributed by atoms with Crippen molar-refractivity contribution in [1.29, 1.82) is 0 Å². The Morgan fingerprint density at radius 2 is 1.83 bits per heavy atom. The fourth-order valence-corrected chi connectivity index (χ4v) is 2.21. The molecule has 0 radical (unpaired) electrons. The van der Waals surface area contributed by atoms with Gasteiger partial charge in [0.15, 0.2) is 0 Å². The van der Waals surface area contributed by atoms with E-state index in [0.717, 1.165) is 25.7 Å². The lowest BCUT2D eigenvalue weighted by molar-refractivity contribution is -0.312. The molecule has 70 valence electrons. The second-order valence-corrected chi connectivity index (χ2v) is 4.75. The Balaban J connectivity index is 2.43. The summed E-state index contributed by atoms with van der Waals surface area (Å²) in [6.45, 7) is 0. The normalized spacial score (nSPS) is 19.8. The van der Waals surface area contributed by atoms with E-state index in [-0.39, 0.29) is 11.7 Å². The second-order valence-electron chi connectivity index (χ2n) is 3.22. The van der Waals surface area contributed by atoms with Crippen LogP contribution in [0.4, 0.5) is 0 Å². The molecule has 0 atom stereocenters. The molecule has 0 amide bonds. The zero-order chi connectivity index (χ0) is 9.19. The molecule has 1 fully saturated rings. The van der Waals surface area contributed by atoms with Gasteiger partial charge in [-0.2, -0.15) is 0 Å². The van der Waals surface area contributed by atoms with Crippen LogP contribution in [0, 0.1) is 5.92 Å². The summed E-state index contributed by atoms with van der Waals surface area (Å²) in [5.41, 5.74) is 0. The van der Waals surface area contributed by atoms with Crippen LogP contribution in [0.3, 0.4) is 0 Å². The molecule has 0 spiro atoms. The zero-order valence-corrected chi connectivity index (χ0v) is 7.59. The molecule has 0 saturated heterocycles. The molecule has 0 bridgehead atoms. The Bertz CT molecular complexity index is 213. The lowest BCUT2D eigenvalue weighted by Crippen LogP contribution is -2.25. The molecule has 4 nitrogen and oxygen atoms in total. The predicted octanol–water partition coefficient (Wildman–Crippen LogP) is -0.341. The number of carbonyl (C=O) groups is 1. The van der Waals surface area contributed by atoms with Crippen molar-refractivity contribution >= 4 is 13.4 Å². The van der Waals surface area contributed by atoms with E-state index in [1.54, 1.807) is 0 Å². The molecule has 0 aliphatic heterocycles. The maximum Gasteiger partial charge on any atom is 0.140 e. The number of ketones is 1. The molecule has 1 rings (SSSR count). The van der Waals surface area contributed by atoms with Gasteiger partial charge in [0.05, 0.1) is 0 Å². The summed E-state index contributed by atoms with van der Waals surface area (Å²) in [4.78, 5) is 31.6. The average Bonchev–Trinajstić information content (AvgIpc) is 2.32.